The van der Waals surface area contributed by atoms with Crippen LogP contribution in [0.25, 0.3) is 5.76 Å². The molecule has 6 heteroatoms. The molecule has 2 aromatic carbocycles. The van der Waals surface area contributed by atoms with E-state index in [1.807, 2.05) is 44.2 Å². The molecule has 162 valence electrons. The van der Waals surface area contributed by atoms with Crippen molar-refractivity contribution in [2.24, 2.45) is 0 Å². The first-order chi connectivity index (χ1) is 15.5. The Hall–Kier alpha value is -3.93. The number of hydrogen-bond acceptors (Lipinski definition) is 5. The number of hydrogen-bond donors (Lipinski definition) is 1. The second-order valence-corrected chi connectivity index (χ2v) is 7.66. The van der Waals surface area contributed by atoms with Gasteiger partial charge in [0.25, 0.3) is 11.7 Å². The number of rotatable bonds is 6. The fraction of sp³-hybridized carbons (Fsp3) is 0.192. The number of ether oxygens (including phenoxy) is 1. The lowest BCUT2D eigenvalue weighted by Gasteiger charge is -2.25. The summed E-state index contributed by atoms with van der Waals surface area (Å²) in [7, 11) is 0. The van der Waals surface area contributed by atoms with E-state index in [4.69, 9.17) is 4.74 Å². The standard InChI is InChI=1S/C26H24N2O4/c1-3-32-21-12-10-20(11-13-21)24(29)22-23(19-8-6-17(2)7-9-19)28(26(31)25(22)30)16-18-5-4-14-27-15-18/h4-15,23,29H,3,16H2,1-2H3/b24-22+/t23-/m0/s1. The van der Waals surface area contributed by atoms with Gasteiger partial charge < -0.3 is 14.7 Å². The molecule has 1 fully saturated rings. The first-order valence-electron chi connectivity index (χ1n) is 10.5. The van der Waals surface area contributed by atoms with Crippen molar-refractivity contribution in [1.82, 2.24) is 9.88 Å². The second-order valence-electron chi connectivity index (χ2n) is 7.66. The second kappa shape index (κ2) is 9.06. The van der Waals surface area contributed by atoms with Gasteiger partial charge in [-0.25, -0.2) is 0 Å². The SMILES string of the molecule is CCOc1ccc(/C(O)=C2\C(=O)C(=O)N(Cc3cccnc3)[C@H]2c2ccc(C)cc2)cc1. The van der Waals surface area contributed by atoms with Crippen LogP contribution in [0.2, 0.25) is 0 Å². The molecule has 2 heterocycles. The number of Topliss-reactive ketones (excluding diaryl/α,β-unsaturated/α-hetero) is 1. The van der Waals surface area contributed by atoms with Crippen molar-refractivity contribution in [3.8, 4) is 5.75 Å². The molecule has 0 saturated carbocycles. The summed E-state index contributed by atoms with van der Waals surface area (Å²) in [6.45, 7) is 4.59. The molecule has 1 saturated heterocycles. The van der Waals surface area contributed by atoms with Gasteiger partial charge >= 0.3 is 0 Å². The van der Waals surface area contributed by atoms with E-state index in [9.17, 15) is 14.7 Å². The highest BCUT2D eigenvalue weighted by Crippen LogP contribution is 2.40. The van der Waals surface area contributed by atoms with Gasteiger partial charge in [0.2, 0.25) is 0 Å². The van der Waals surface area contributed by atoms with Gasteiger partial charge in [-0.1, -0.05) is 35.9 Å². The summed E-state index contributed by atoms with van der Waals surface area (Å²) < 4.78 is 5.46. The Kier molecular flexibility index (Phi) is 6.03. The molecular formula is C26H24N2O4. The first-order valence-corrected chi connectivity index (χ1v) is 10.5. The van der Waals surface area contributed by atoms with Gasteiger partial charge in [0.1, 0.15) is 11.5 Å². The molecule has 1 amide bonds. The Labute approximate surface area is 186 Å². The van der Waals surface area contributed by atoms with Gasteiger partial charge in [0.05, 0.1) is 18.2 Å². The maximum Gasteiger partial charge on any atom is 0.295 e. The number of carbonyl (C=O) groups is 2. The summed E-state index contributed by atoms with van der Waals surface area (Å²) in [4.78, 5) is 31.7. The smallest absolute Gasteiger partial charge is 0.295 e. The van der Waals surface area contributed by atoms with Crippen molar-refractivity contribution in [2.45, 2.75) is 26.4 Å². The molecule has 1 N–H and O–H groups in total. The zero-order valence-electron chi connectivity index (χ0n) is 18.0. The van der Waals surface area contributed by atoms with Crippen LogP contribution in [0.1, 0.15) is 35.2 Å². The number of aromatic nitrogens is 1. The zero-order chi connectivity index (χ0) is 22.7. The number of aliphatic hydroxyl groups is 1. The normalized spacial score (nSPS) is 17.6. The lowest BCUT2D eigenvalue weighted by molar-refractivity contribution is -0.140. The predicted molar refractivity (Wildman–Crippen MR) is 121 cm³/mol. The third-order valence-corrected chi connectivity index (χ3v) is 5.45. The molecule has 0 aliphatic carbocycles. The van der Waals surface area contributed by atoms with Gasteiger partial charge in [-0.05, 0) is 55.3 Å². The Morgan fingerprint density at radius 2 is 1.78 bits per heavy atom. The van der Waals surface area contributed by atoms with Crippen LogP contribution < -0.4 is 4.74 Å². The molecule has 6 nitrogen and oxygen atoms in total. The number of carbonyl (C=O) groups excluding carboxylic acids is 2. The van der Waals surface area contributed by atoms with Crippen LogP contribution in [0.15, 0.2) is 78.6 Å². The number of benzene rings is 2. The monoisotopic (exact) mass is 428 g/mol. The third-order valence-electron chi connectivity index (χ3n) is 5.45. The van der Waals surface area contributed by atoms with Crippen molar-refractivity contribution < 1.29 is 19.4 Å². The molecule has 0 bridgehead atoms. The van der Waals surface area contributed by atoms with Crippen LogP contribution in [0.5, 0.6) is 5.75 Å². The van der Waals surface area contributed by atoms with E-state index in [2.05, 4.69) is 4.98 Å². The number of pyridine rings is 1. The van der Waals surface area contributed by atoms with Crippen molar-refractivity contribution in [2.75, 3.05) is 6.61 Å². The van der Waals surface area contributed by atoms with Crippen LogP contribution in [0, 0.1) is 6.92 Å². The lowest BCUT2D eigenvalue weighted by Crippen LogP contribution is -2.29. The highest BCUT2D eigenvalue weighted by atomic mass is 16.5. The molecule has 3 aromatic rings. The Bertz CT molecular complexity index is 1150. The highest BCUT2D eigenvalue weighted by Gasteiger charge is 2.46. The van der Waals surface area contributed by atoms with Gasteiger partial charge in [0.15, 0.2) is 0 Å². The van der Waals surface area contributed by atoms with Crippen LogP contribution in [-0.4, -0.2) is 33.3 Å². The maximum absolute atomic E-state index is 13.1. The van der Waals surface area contributed by atoms with Crippen LogP contribution >= 0.6 is 0 Å². The summed E-state index contributed by atoms with van der Waals surface area (Å²) in [6, 6.07) is 17.4. The van der Waals surface area contributed by atoms with Gasteiger partial charge in [-0.3, -0.25) is 14.6 Å². The Morgan fingerprint density at radius 1 is 1.06 bits per heavy atom. The van der Waals surface area contributed by atoms with E-state index < -0.39 is 17.7 Å². The van der Waals surface area contributed by atoms with Crippen LogP contribution in [0.4, 0.5) is 0 Å². The average Bonchev–Trinajstić information content (AvgIpc) is 3.05. The number of aryl methyl sites for hydroxylation is 1. The Balaban J connectivity index is 1.81. The number of likely N-dealkylation sites (tertiary alicyclic amines) is 1. The zero-order valence-corrected chi connectivity index (χ0v) is 18.0. The molecule has 0 unspecified atom stereocenters. The lowest BCUT2D eigenvalue weighted by atomic mass is 9.94. The van der Waals surface area contributed by atoms with Gasteiger partial charge in [0, 0.05) is 24.5 Å². The van der Waals surface area contributed by atoms with E-state index in [-0.39, 0.29) is 17.9 Å². The third kappa shape index (κ3) is 4.12. The number of amides is 1. The van der Waals surface area contributed by atoms with E-state index in [1.165, 1.54) is 4.90 Å². The quantitative estimate of drug-likeness (QED) is 0.357. The molecular weight excluding hydrogens is 404 g/mol. The van der Waals surface area contributed by atoms with E-state index in [1.54, 1.807) is 42.7 Å². The number of ketones is 1. The van der Waals surface area contributed by atoms with Crippen molar-refractivity contribution in [3.05, 3.63) is 101 Å². The largest absolute Gasteiger partial charge is 0.507 e. The van der Waals surface area contributed by atoms with Crippen molar-refractivity contribution in [1.29, 1.82) is 0 Å². The highest BCUT2D eigenvalue weighted by molar-refractivity contribution is 6.46. The minimum Gasteiger partial charge on any atom is -0.507 e. The predicted octanol–water partition coefficient (Wildman–Crippen LogP) is 4.41. The van der Waals surface area contributed by atoms with E-state index in [0.29, 0.717) is 17.9 Å². The minimum atomic E-state index is -0.706. The van der Waals surface area contributed by atoms with E-state index >= 15 is 0 Å². The maximum atomic E-state index is 13.1. The summed E-state index contributed by atoms with van der Waals surface area (Å²) in [6.07, 6.45) is 3.32. The van der Waals surface area contributed by atoms with Crippen molar-refractivity contribution >= 4 is 17.4 Å². The van der Waals surface area contributed by atoms with Gasteiger partial charge in [-0.15, -0.1) is 0 Å². The molecule has 1 aliphatic rings. The first kappa shape index (κ1) is 21.3. The molecule has 32 heavy (non-hydrogen) atoms. The molecule has 0 spiro atoms. The summed E-state index contributed by atoms with van der Waals surface area (Å²) in [5.41, 5.74) is 3.14. The van der Waals surface area contributed by atoms with Crippen LogP contribution in [-0.2, 0) is 16.1 Å². The summed E-state index contributed by atoms with van der Waals surface area (Å²) >= 11 is 0. The van der Waals surface area contributed by atoms with Crippen LogP contribution in [0.3, 0.4) is 0 Å². The Morgan fingerprint density at radius 3 is 2.41 bits per heavy atom. The number of nitrogens with zero attached hydrogens (tertiary/aromatic N) is 2. The summed E-state index contributed by atoms with van der Waals surface area (Å²) in [5, 5.41) is 11.1. The average molecular weight is 428 g/mol. The van der Waals surface area contributed by atoms with Crippen molar-refractivity contribution in [3.63, 3.8) is 0 Å². The molecule has 4 rings (SSSR count). The fourth-order valence-electron chi connectivity index (χ4n) is 3.86. The van der Waals surface area contributed by atoms with Gasteiger partial charge in [-0.2, -0.15) is 0 Å². The van der Waals surface area contributed by atoms with E-state index in [0.717, 1.165) is 16.7 Å². The topological polar surface area (TPSA) is 79.7 Å². The summed E-state index contributed by atoms with van der Waals surface area (Å²) in [5.74, 6) is -0.889. The molecule has 1 aromatic heterocycles. The fourth-order valence-corrected chi connectivity index (χ4v) is 3.86. The molecule has 1 aliphatic heterocycles. The minimum absolute atomic E-state index is 0.0758. The molecule has 0 radical (unpaired) electrons. The number of aliphatic hydroxyl groups excluding tert-OH is 1. The molecule has 1 atom stereocenters.